The summed E-state index contributed by atoms with van der Waals surface area (Å²) >= 11 is 0. The molecule has 1 aliphatic heterocycles. The van der Waals surface area contributed by atoms with E-state index in [-0.39, 0.29) is 12.1 Å². The Morgan fingerprint density at radius 1 is 1.70 bits per heavy atom. The van der Waals surface area contributed by atoms with Gasteiger partial charge in [0.25, 0.3) is 0 Å². The Labute approximate surface area is 118 Å². The predicted octanol–water partition coefficient (Wildman–Crippen LogP) is 1.53. The molecule has 2 rings (SSSR count). The summed E-state index contributed by atoms with van der Waals surface area (Å²) in [5.74, 6) is 0.437. The van der Waals surface area contributed by atoms with E-state index >= 15 is 0 Å². The van der Waals surface area contributed by atoms with Crippen molar-refractivity contribution in [2.24, 2.45) is 0 Å². The van der Waals surface area contributed by atoms with Crippen molar-refractivity contribution in [1.29, 1.82) is 5.26 Å². The summed E-state index contributed by atoms with van der Waals surface area (Å²) in [6.45, 7) is 3.81. The molecule has 6 nitrogen and oxygen atoms in total. The van der Waals surface area contributed by atoms with E-state index in [9.17, 15) is 4.79 Å². The highest BCUT2D eigenvalue weighted by Gasteiger charge is 2.24. The molecule has 0 aliphatic carbocycles. The lowest BCUT2D eigenvalue weighted by Gasteiger charge is -2.32. The van der Waals surface area contributed by atoms with Gasteiger partial charge in [0, 0.05) is 25.4 Å². The number of likely N-dealkylation sites (tertiary alicyclic amines) is 1. The fraction of sp³-hybridized carbons (Fsp3) is 0.500. The lowest BCUT2D eigenvalue weighted by atomic mass is 10.1. The van der Waals surface area contributed by atoms with Crippen LogP contribution in [0.5, 0.6) is 5.88 Å². The van der Waals surface area contributed by atoms with E-state index in [1.54, 1.807) is 23.2 Å². The molecule has 0 spiro atoms. The number of carbonyl (C=O) groups excluding carboxylic acids is 1. The number of ether oxygens (including phenoxy) is 1. The maximum absolute atomic E-state index is 11.8. The van der Waals surface area contributed by atoms with Gasteiger partial charge in [-0.05, 0) is 25.8 Å². The summed E-state index contributed by atoms with van der Waals surface area (Å²) in [4.78, 5) is 17.6. The first-order valence-electron chi connectivity index (χ1n) is 6.78. The van der Waals surface area contributed by atoms with Crippen LogP contribution in [0.25, 0.3) is 0 Å². The number of nitrogens with zero attached hydrogens (tertiary/aromatic N) is 3. The molecule has 1 N–H and O–H groups in total. The number of amides is 2. The number of urea groups is 1. The number of carbonyl (C=O) groups is 1. The van der Waals surface area contributed by atoms with Crippen molar-refractivity contribution in [1.82, 2.24) is 15.2 Å². The highest BCUT2D eigenvalue weighted by molar-refractivity contribution is 5.74. The Balaban J connectivity index is 1.95. The van der Waals surface area contributed by atoms with E-state index in [1.807, 2.05) is 6.92 Å². The van der Waals surface area contributed by atoms with Crippen LogP contribution in [0.3, 0.4) is 0 Å². The highest BCUT2D eigenvalue weighted by atomic mass is 16.5. The lowest BCUT2D eigenvalue weighted by molar-refractivity contribution is 0.0980. The number of hydrogen-bond acceptors (Lipinski definition) is 4. The maximum atomic E-state index is 11.8. The number of hydrogen-bond donors (Lipinski definition) is 1. The molecular weight excluding hydrogens is 256 g/mol. The van der Waals surface area contributed by atoms with Crippen LogP contribution < -0.4 is 10.1 Å². The average Bonchev–Trinajstić information content (AvgIpc) is 2.48. The fourth-order valence-electron chi connectivity index (χ4n) is 2.20. The quantitative estimate of drug-likeness (QED) is 0.906. The topological polar surface area (TPSA) is 78.3 Å². The monoisotopic (exact) mass is 274 g/mol. The Kier molecular flexibility index (Phi) is 4.77. The maximum Gasteiger partial charge on any atom is 0.317 e. The van der Waals surface area contributed by atoms with Crippen molar-refractivity contribution in [2.45, 2.75) is 25.9 Å². The van der Waals surface area contributed by atoms with Gasteiger partial charge in [-0.1, -0.05) is 0 Å². The van der Waals surface area contributed by atoms with Crippen molar-refractivity contribution in [3.63, 3.8) is 0 Å². The van der Waals surface area contributed by atoms with E-state index < -0.39 is 0 Å². The molecule has 2 amide bonds. The second kappa shape index (κ2) is 6.75. The molecule has 2 heterocycles. The Morgan fingerprint density at radius 3 is 3.30 bits per heavy atom. The van der Waals surface area contributed by atoms with Gasteiger partial charge in [0.1, 0.15) is 6.10 Å². The largest absolute Gasteiger partial charge is 0.472 e. The smallest absolute Gasteiger partial charge is 0.317 e. The lowest BCUT2D eigenvalue weighted by Crippen LogP contribution is -2.48. The average molecular weight is 274 g/mol. The summed E-state index contributed by atoms with van der Waals surface area (Å²) in [5.41, 5.74) is 0.520. The standard InChI is InChI=1S/C14H18N4O2/c1-2-16-14(19)18-7-3-4-12(10-18)20-13-8-11(9-15)5-6-17-13/h5-6,8,12H,2-4,7,10H2,1H3,(H,16,19)/t12-/m1/s1. The third-order valence-electron chi connectivity index (χ3n) is 3.14. The summed E-state index contributed by atoms with van der Waals surface area (Å²) in [7, 11) is 0. The fourth-order valence-corrected chi connectivity index (χ4v) is 2.20. The van der Waals surface area contributed by atoms with Gasteiger partial charge in [-0.2, -0.15) is 5.26 Å². The minimum atomic E-state index is -0.0761. The Hall–Kier alpha value is -2.29. The van der Waals surface area contributed by atoms with Crippen LogP contribution in [0.2, 0.25) is 0 Å². The van der Waals surface area contributed by atoms with Crippen LogP contribution in [-0.2, 0) is 0 Å². The molecule has 6 heteroatoms. The molecule has 0 aromatic carbocycles. The van der Waals surface area contributed by atoms with Gasteiger partial charge in [0.05, 0.1) is 18.2 Å². The summed E-state index contributed by atoms with van der Waals surface area (Å²) < 4.78 is 5.77. The van der Waals surface area contributed by atoms with Crippen LogP contribution in [0.4, 0.5) is 4.79 Å². The van der Waals surface area contributed by atoms with E-state index in [1.165, 1.54) is 0 Å². The second-order valence-electron chi connectivity index (χ2n) is 4.66. The minimum absolute atomic E-state index is 0.0560. The van der Waals surface area contributed by atoms with Gasteiger partial charge in [-0.25, -0.2) is 9.78 Å². The van der Waals surface area contributed by atoms with Crippen molar-refractivity contribution >= 4 is 6.03 Å². The summed E-state index contributed by atoms with van der Waals surface area (Å²) in [6, 6.07) is 5.25. The van der Waals surface area contributed by atoms with Crippen LogP contribution in [-0.4, -0.2) is 41.7 Å². The third kappa shape index (κ3) is 3.60. The van der Waals surface area contributed by atoms with E-state index in [2.05, 4.69) is 16.4 Å². The molecule has 106 valence electrons. The molecule has 1 fully saturated rings. The van der Waals surface area contributed by atoms with Crippen LogP contribution in [0.1, 0.15) is 25.3 Å². The molecule has 0 saturated carbocycles. The van der Waals surface area contributed by atoms with Gasteiger partial charge in [-0.3, -0.25) is 0 Å². The predicted molar refractivity (Wildman–Crippen MR) is 73.2 cm³/mol. The highest BCUT2D eigenvalue weighted by Crippen LogP contribution is 2.17. The van der Waals surface area contributed by atoms with E-state index in [0.717, 1.165) is 19.4 Å². The molecule has 1 aromatic heterocycles. The number of aromatic nitrogens is 1. The number of piperidine rings is 1. The first-order valence-corrected chi connectivity index (χ1v) is 6.78. The first kappa shape index (κ1) is 14.1. The molecule has 1 aliphatic rings. The third-order valence-corrected chi connectivity index (χ3v) is 3.14. The van der Waals surface area contributed by atoms with Crippen molar-refractivity contribution < 1.29 is 9.53 Å². The number of pyridine rings is 1. The number of nitrogens with one attached hydrogen (secondary N) is 1. The van der Waals surface area contributed by atoms with E-state index in [0.29, 0.717) is 24.5 Å². The van der Waals surface area contributed by atoms with E-state index in [4.69, 9.17) is 10.00 Å². The van der Waals surface area contributed by atoms with Crippen molar-refractivity contribution in [2.75, 3.05) is 19.6 Å². The number of rotatable bonds is 3. The molecule has 0 radical (unpaired) electrons. The molecular formula is C14H18N4O2. The number of nitriles is 1. The zero-order chi connectivity index (χ0) is 14.4. The zero-order valence-electron chi connectivity index (χ0n) is 11.5. The van der Waals surface area contributed by atoms with Crippen molar-refractivity contribution in [3.8, 4) is 11.9 Å². The first-order chi connectivity index (χ1) is 9.72. The van der Waals surface area contributed by atoms with Crippen LogP contribution in [0.15, 0.2) is 18.3 Å². The van der Waals surface area contributed by atoms with Gasteiger partial charge >= 0.3 is 6.03 Å². The van der Waals surface area contributed by atoms with Gasteiger partial charge in [0.15, 0.2) is 0 Å². The summed E-state index contributed by atoms with van der Waals surface area (Å²) in [5, 5.41) is 11.6. The minimum Gasteiger partial charge on any atom is -0.472 e. The van der Waals surface area contributed by atoms with Gasteiger partial charge in [-0.15, -0.1) is 0 Å². The van der Waals surface area contributed by atoms with Crippen LogP contribution >= 0.6 is 0 Å². The van der Waals surface area contributed by atoms with Gasteiger partial charge < -0.3 is 15.0 Å². The normalized spacial score (nSPS) is 18.2. The molecule has 20 heavy (non-hydrogen) atoms. The van der Waals surface area contributed by atoms with Crippen molar-refractivity contribution in [3.05, 3.63) is 23.9 Å². The Morgan fingerprint density at radius 2 is 2.55 bits per heavy atom. The molecule has 1 saturated heterocycles. The second-order valence-corrected chi connectivity index (χ2v) is 4.66. The zero-order valence-corrected chi connectivity index (χ0v) is 11.5. The SMILES string of the molecule is CCNC(=O)N1CCC[C@@H](Oc2cc(C#N)ccn2)C1. The molecule has 1 atom stereocenters. The molecule has 0 bridgehead atoms. The van der Waals surface area contributed by atoms with Gasteiger partial charge in [0.2, 0.25) is 5.88 Å². The van der Waals surface area contributed by atoms with Crippen LogP contribution in [0, 0.1) is 11.3 Å². The molecule has 1 aromatic rings. The molecule has 0 unspecified atom stereocenters. The summed E-state index contributed by atoms with van der Waals surface area (Å²) in [6.07, 6.45) is 3.26. The Bertz CT molecular complexity index is 512.